The van der Waals surface area contributed by atoms with E-state index < -0.39 is 6.61 Å². The number of halogens is 3. The number of alkyl halides is 2. The van der Waals surface area contributed by atoms with Gasteiger partial charge in [0.1, 0.15) is 5.75 Å². The van der Waals surface area contributed by atoms with Crippen LogP contribution >= 0.6 is 22.6 Å². The van der Waals surface area contributed by atoms with Gasteiger partial charge in [0, 0.05) is 9.99 Å². The third-order valence-electron chi connectivity index (χ3n) is 2.07. The minimum Gasteiger partial charge on any atom is -0.469 e. The van der Waals surface area contributed by atoms with Gasteiger partial charge in [-0.3, -0.25) is 4.79 Å². The maximum absolute atomic E-state index is 12.2. The van der Waals surface area contributed by atoms with Crippen LogP contribution < -0.4 is 4.74 Å². The number of hydrogen-bond donors (Lipinski definition) is 0. The van der Waals surface area contributed by atoms with Gasteiger partial charge in [-0.2, -0.15) is 8.78 Å². The lowest BCUT2D eigenvalue weighted by molar-refractivity contribution is -0.140. The summed E-state index contributed by atoms with van der Waals surface area (Å²) in [4.78, 5) is 11.0. The van der Waals surface area contributed by atoms with E-state index in [1.165, 1.54) is 13.2 Å². The summed E-state index contributed by atoms with van der Waals surface area (Å²) in [5.74, 6) is -0.276. The highest BCUT2D eigenvalue weighted by atomic mass is 127. The van der Waals surface area contributed by atoms with Gasteiger partial charge >= 0.3 is 12.6 Å². The number of hydrogen-bond acceptors (Lipinski definition) is 3. The molecular weight excluding hydrogens is 345 g/mol. The highest BCUT2D eigenvalue weighted by molar-refractivity contribution is 14.1. The number of carbonyl (C=O) groups is 1. The molecule has 0 amide bonds. The van der Waals surface area contributed by atoms with Crippen LogP contribution in [0.2, 0.25) is 0 Å². The second-order valence-electron chi connectivity index (χ2n) is 3.21. The molecule has 0 N–H and O–H groups in total. The zero-order valence-corrected chi connectivity index (χ0v) is 11.2. The van der Waals surface area contributed by atoms with Gasteiger partial charge < -0.3 is 9.47 Å². The molecule has 6 heteroatoms. The first kappa shape index (κ1) is 14.1. The van der Waals surface area contributed by atoms with Crippen LogP contribution in [0.1, 0.15) is 12.0 Å². The molecule has 0 saturated heterocycles. The van der Waals surface area contributed by atoms with E-state index in [0.29, 0.717) is 12.0 Å². The first-order valence-corrected chi connectivity index (χ1v) is 5.91. The lowest BCUT2D eigenvalue weighted by atomic mass is 10.1. The van der Waals surface area contributed by atoms with Crippen LogP contribution in [-0.2, 0) is 16.0 Å². The molecule has 0 fully saturated rings. The van der Waals surface area contributed by atoms with Crippen molar-refractivity contribution in [2.75, 3.05) is 7.11 Å². The zero-order valence-electron chi connectivity index (χ0n) is 9.08. The van der Waals surface area contributed by atoms with Crippen LogP contribution in [0.5, 0.6) is 5.75 Å². The third kappa shape index (κ3) is 4.84. The number of carbonyl (C=O) groups excluding carboxylic acids is 1. The fourth-order valence-corrected chi connectivity index (χ4v) is 1.74. The Hall–Kier alpha value is -0.920. The standard InChI is InChI=1S/C11H11F2IO3/c1-16-10(15)5-3-7-2-4-8(14)6-9(7)17-11(12)13/h2,4,6,11H,3,5H2,1H3. The summed E-state index contributed by atoms with van der Waals surface area (Å²) in [7, 11) is 1.28. The zero-order chi connectivity index (χ0) is 12.8. The Morgan fingerprint density at radius 1 is 1.47 bits per heavy atom. The number of ether oxygens (including phenoxy) is 2. The molecule has 0 saturated carbocycles. The summed E-state index contributed by atoms with van der Waals surface area (Å²) >= 11 is 2.00. The molecule has 0 aromatic heterocycles. The van der Waals surface area contributed by atoms with Gasteiger partial charge in [-0.25, -0.2) is 0 Å². The number of benzene rings is 1. The summed E-state index contributed by atoms with van der Waals surface area (Å²) in [6.07, 6.45) is 0.447. The Bertz CT molecular complexity index is 396. The summed E-state index contributed by atoms with van der Waals surface area (Å²) in [6.45, 7) is -2.87. The monoisotopic (exact) mass is 356 g/mol. The highest BCUT2D eigenvalue weighted by Crippen LogP contribution is 2.24. The maximum atomic E-state index is 12.2. The van der Waals surface area contributed by atoms with E-state index in [1.54, 1.807) is 12.1 Å². The van der Waals surface area contributed by atoms with Gasteiger partial charge in [0.2, 0.25) is 0 Å². The second kappa shape index (κ2) is 6.73. The average molecular weight is 356 g/mol. The van der Waals surface area contributed by atoms with E-state index in [9.17, 15) is 13.6 Å². The predicted molar refractivity (Wildman–Crippen MR) is 66.1 cm³/mol. The molecule has 0 aliphatic rings. The largest absolute Gasteiger partial charge is 0.469 e. The molecule has 0 unspecified atom stereocenters. The third-order valence-corrected chi connectivity index (χ3v) is 2.74. The van der Waals surface area contributed by atoms with E-state index in [1.807, 2.05) is 22.6 Å². The van der Waals surface area contributed by atoms with Crippen molar-refractivity contribution in [1.82, 2.24) is 0 Å². The summed E-state index contributed by atoms with van der Waals surface area (Å²) in [5, 5.41) is 0. The predicted octanol–water partition coefficient (Wildman–Crippen LogP) is 3.00. The lowest BCUT2D eigenvalue weighted by Crippen LogP contribution is -2.07. The Morgan fingerprint density at radius 2 is 2.18 bits per heavy atom. The fourth-order valence-electron chi connectivity index (χ4n) is 1.28. The number of aryl methyl sites for hydroxylation is 1. The van der Waals surface area contributed by atoms with E-state index in [2.05, 4.69) is 9.47 Å². The SMILES string of the molecule is COC(=O)CCc1ccc(I)cc1OC(F)F. The minimum atomic E-state index is -2.87. The quantitative estimate of drug-likeness (QED) is 0.601. The van der Waals surface area contributed by atoms with Crippen molar-refractivity contribution in [2.24, 2.45) is 0 Å². The first-order valence-electron chi connectivity index (χ1n) is 4.83. The van der Waals surface area contributed by atoms with Gasteiger partial charge in [-0.1, -0.05) is 6.07 Å². The van der Waals surface area contributed by atoms with Crippen molar-refractivity contribution in [1.29, 1.82) is 0 Å². The molecule has 0 aliphatic carbocycles. The van der Waals surface area contributed by atoms with Crippen molar-refractivity contribution >= 4 is 28.6 Å². The van der Waals surface area contributed by atoms with E-state index in [-0.39, 0.29) is 18.1 Å². The van der Waals surface area contributed by atoms with E-state index in [4.69, 9.17) is 0 Å². The molecule has 3 nitrogen and oxygen atoms in total. The summed E-state index contributed by atoms with van der Waals surface area (Å²) in [5.41, 5.74) is 0.566. The van der Waals surface area contributed by atoms with Crippen molar-refractivity contribution < 1.29 is 23.0 Å². The Morgan fingerprint density at radius 3 is 2.76 bits per heavy atom. The van der Waals surface area contributed by atoms with Crippen molar-refractivity contribution in [2.45, 2.75) is 19.5 Å². The Kier molecular flexibility index (Phi) is 5.60. The van der Waals surface area contributed by atoms with Crippen molar-refractivity contribution in [3.05, 3.63) is 27.3 Å². The van der Waals surface area contributed by atoms with Crippen LogP contribution in [0.15, 0.2) is 18.2 Å². The van der Waals surface area contributed by atoms with Gasteiger partial charge in [-0.05, 0) is 46.7 Å². The average Bonchev–Trinajstić information content (AvgIpc) is 2.26. The molecule has 0 heterocycles. The minimum absolute atomic E-state index is 0.107. The van der Waals surface area contributed by atoms with Crippen molar-refractivity contribution in [3.8, 4) is 5.75 Å². The maximum Gasteiger partial charge on any atom is 0.387 e. The molecule has 0 spiro atoms. The topological polar surface area (TPSA) is 35.5 Å². The number of methoxy groups -OCH3 is 1. The molecule has 0 radical (unpaired) electrons. The number of esters is 1. The van der Waals surface area contributed by atoms with Crippen molar-refractivity contribution in [3.63, 3.8) is 0 Å². The van der Waals surface area contributed by atoms with Crippen LogP contribution in [0.3, 0.4) is 0 Å². The molecule has 0 atom stereocenters. The molecule has 1 aromatic carbocycles. The normalized spacial score (nSPS) is 10.4. The van der Waals surface area contributed by atoms with E-state index in [0.717, 1.165) is 3.57 Å². The molecule has 0 aliphatic heterocycles. The van der Waals surface area contributed by atoms with Crippen LogP contribution in [0.25, 0.3) is 0 Å². The van der Waals surface area contributed by atoms with Gasteiger partial charge in [0.15, 0.2) is 0 Å². The van der Waals surface area contributed by atoms with Gasteiger partial charge in [0.05, 0.1) is 7.11 Å². The Balaban J connectivity index is 2.78. The molecule has 0 bridgehead atoms. The van der Waals surface area contributed by atoms with Crippen LogP contribution in [-0.4, -0.2) is 19.7 Å². The lowest BCUT2D eigenvalue weighted by Gasteiger charge is -2.10. The summed E-state index contributed by atoms with van der Waals surface area (Å²) < 4.78 is 34.0. The van der Waals surface area contributed by atoms with E-state index >= 15 is 0 Å². The van der Waals surface area contributed by atoms with Gasteiger partial charge in [0.25, 0.3) is 0 Å². The molecule has 17 heavy (non-hydrogen) atoms. The second-order valence-corrected chi connectivity index (χ2v) is 4.45. The molecular formula is C11H11F2IO3. The molecule has 94 valence electrons. The van der Waals surface area contributed by atoms with Gasteiger partial charge in [-0.15, -0.1) is 0 Å². The smallest absolute Gasteiger partial charge is 0.387 e. The first-order chi connectivity index (χ1) is 8.02. The summed E-state index contributed by atoms with van der Waals surface area (Å²) in [6, 6.07) is 4.95. The molecule has 1 rings (SSSR count). The number of rotatable bonds is 5. The van der Waals surface area contributed by atoms with Crippen LogP contribution in [0.4, 0.5) is 8.78 Å². The molecule has 1 aromatic rings. The Labute approximate surface area is 111 Å². The van der Waals surface area contributed by atoms with Crippen LogP contribution in [0, 0.1) is 3.57 Å². The fraction of sp³-hybridized carbons (Fsp3) is 0.364. The highest BCUT2D eigenvalue weighted by Gasteiger charge is 2.11.